The van der Waals surface area contributed by atoms with Gasteiger partial charge in [-0.1, -0.05) is 54.6 Å². The minimum absolute atomic E-state index is 0.0669. The van der Waals surface area contributed by atoms with E-state index >= 15 is 0 Å². The Morgan fingerprint density at radius 1 is 0.720 bits per heavy atom. The molecule has 0 aliphatic carbocycles. The van der Waals surface area contributed by atoms with E-state index < -0.39 is 6.04 Å². The van der Waals surface area contributed by atoms with Crippen molar-refractivity contribution in [3.63, 3.8) is 0 Å². The summed E-state index contributed by atoms with van der Waals surface area (Å²) in [4.78, 5) is 12.3. The number of carbonyl (C=O) groups is 1. The number of para-hydroxylation sites is 2. The highest BCUT2D eigenvalue weighted by Gasteiger charge is 2.21. The maximum atomic E-state index is 12.3. The Labute approximate surface area is 145 Å². The molecular weight excluding hydrogens is 316 g/mol. The third kappa shape index (κ3) is 3.79. The predicted molar refractivity (Wildman–Crippen MR) is 95.1 cm³/mol. The summed E-state index contributed by atoms with van der Waals surface area (Å²) in [6.07, 6.45) is 0. The Balaban J connectivity index is 1.89. The molecule has 3 aromatic carbocycles. The largest absolute Gasteiger partial charge is 0.508 e. The van der Waals surface area contributed by atoms with Crippen molar-refractivity contribution in [2.24, 2.45) is 0 Å². The number of hydrogen-bond donors (Lipinski definition) is 4. The van der Waals surface area contributed by atoms with Crippen molar-refractivity contribution < 1.29 is 15.0 Å². The van der Waals surface area contributed by atoms with Crippen LogP contribution in [-0.4, -0.2) is 16.1 Å². The SMILES string of the molecule is O=C(NNC(c1ccccc1O)c1ccccc1O)c1ccccc1. The maximum absolute atomic E-state index is 12.3. The van der Waals surface area contributed by atoms with Crippen molar-refractivity contribution >= 4 is 5.91 Å². The number of phenols is 2. The number of nitrogens with one attached hydrogen (secondary N) is 2. The highest BCUT2D eigenvalue weighted by atomic mass is 16.3. The number of phenolic OH excluding ortho intramolecular Hbond substituents is 2. The van der Waals surface area contributed by atoms with Crippen LogP contribution >= 0.6 is 0 Å². The normalized spacial score (nSPS) is 10.6. The molecule has 3 aromatic rings. The molecule has 4 N–H and O–H groups in total. The fourth-order valence-corrected chi connectivity index (χ4v) is 2.59. The maximum Gasteiger partial charge on any atom is 0.265 e. The van der Waals surface area contributed by atoms with Crippen LogP contribution in [0.25, 0.3) is 0 Å². The number of benzene rings is 3. The molecule has 0 aliphatic rings. The fraction of sp³-hybridized carbons (Fsp3) is 0.0500. The summed E-state index contributed by atoms with van der Waals surface area (Å²) in [6, 6.07) is 21.7. The molecule has 5 nitrogen and oxygen atoms in total. The predicted octanol–water partition coefficient (Wildman–Crippen LogP) is 3.12. The number of carbonyl (C=O) groups excluding carboxylic acids is 1. The highest BCUT2D eigenvalue weighted by molar-refractivity contribution is 5.93. The van der Waals surface area contributed by atoms with Gasteiger partial charge in [0, 0.05) is 16.7 Å². The van der Waals surface area contributed by atoms with Gasteiger partial charge in [0.25, 0.3) is 5.91 Å². The zero-order valence-corrected chi connectivity index (χ0v) is 13.4. The summed E-state index contributed by atoms with van der Waals surface area (Å²) in [5, 5.41) is 20.4. The van der Waals surface area contributed by atoms with Crippen molar-refractivity contribution in [3.8, 4) is 11.5 Å². The third-order valence-corrected chi connectivity index (χ3v) is 3.86. The van der Waals surface area contributed by atoms with Gasteiger partial charge in [-0.3, -0.25) is 10.2 Å². The topological polar surface area (TPSA) is 81.6 Å². The van der Waals surface area contributed by atoms with Crippen molar-refractivity contribution in [2.45, 2.75) is 6.04 Å². The van der Waals surface area contributed by atoms with Gasteiger partial charge in [0.1, 0.15) is 11.5 Å². The van der Waals surface area contributed by atoms with E-state index in [0.29, 0.717) is 16.7 Å². The van der Waals surface area contributed by atoms with Crippen LogP contribution in [0.4, 0.5) is 0 Å². The van der Waals surface area contributed by atoms with Gasteiger partial charge >= 0.3 is 0 Å². The van der Waals surface area contributed by atoms with Crippen molar-refractivity contribution in [3.05, 3.63) is 95.6 Å². The van der Waals surface area contributed by atoms with E-state index in [0.717, 1.165) is 0 Å². The summed E-state index contributed by atoms with van der Waals surface area (Å²) >= 11 is 0. The Morgan fingerprint density at radius 3 is 1.72 bits per heavy atom. The average molecular weight is 334 g/mol. The van der Waals surface area contributed by atoms with Crippen LogP contribution in [0.1, 0.15) is 27.5 Å². The second-order valence-electron chi connectivity index (χ2n) is 5.52. The van der Waals surface area contributed by atoms with E-state index in [1.165, 1.54) is 0 Å². The molecule has 1 amide bonds. The zero-order valence-electron chi connectivity index (χ0n) is 13.4. The van der Waals surface area contributed by atoms with E-state index in [1.54, 1.807) is 72.8 Å². The molecule has 126 valence electrons. The van der Waals surface area contributed by atoms with E-state index in [4.69, 9.17) is 0 Å². The lowest BCUT2D eigenvalue weighted by molar-refractivity contribution is 0.0927. The minimum atomic E-state index is -0.616. The lowest BCUT2D eigenvalue weighted by Crippen LogP contribution is -2.40. The molecule has 5 heteroatoms. The Hall–Kier alpha value is -3.31. The average Bonchev–Trinajstić information content (AvgIpc) is 2.65. The second kappa shape index (κ2) is 7.51. The zero-order chi connectivity index (χ0) is 17.6. The standard InChI is InChI=1S/C20H18N2O3/c23-17-12-6-4-10-15(17)19(16-11-5-7-13-18(16)24)21-22-20(25)14-8-2-1-3-9-14/h1-13,19,21,23-24H,(H,22,25). The Morgan fingerprint density at radius 2 is 1.20 bits per heavy atom. The van der Waals surface area contributed by atoms with Crippen molar-refractivity contribution in [2.75, 3.05) is 0 Å². The van der Waals surface area contributed by atoms with Crippen molar-refractivity contribution in [1.29, 1.82) is 0 Å². The van der Waals surface area contributed by atoms with E-state index in [1.807, 2.05) is 6.07 Å². The van der Waals surface area contributed by atoms with Crippen molar-refractivity contribution in [1.82, 2.24) is 10.9 Å². The third-order valence-electron chi connectivity index (χ3n) is 3.86. The quantitative estimate of drug-likeness (QED) is 0.540. The number of hydrazine groups is 1. The first kappa shape index (κ1) is 16.5. The van der Waals surface area contributed by atoms with E-state index in [-0.39, 0.29) is 17.4 Å². The number of hydrogen-bond acceptors (Lipinski definition) is 4. The second-order valence-corrected chi connectivity index (χ2v) is 5.52. The minimum Gasteiger partial charge on any atom is -0.508 e. The van der Waals surface area contributed by atoms with Crippen LogP contribution in [0, 0.1) is 0 Å². The molecule has 0 bridgehead atoms. The molecule has 0 atom stereocenters. The molecule has 25 heavy (non-hydrogen) atoms. The summed E-state index contributed by atoms with van der Waals surface area (Å²) in [5.74, 6) is -0.175. The van der Waals surface area contributed by atoms with Gasteiger partial charge in [0.2, 0.25) is 0 Å². The van der Waals surface area contributed by atoms with Gasteiger partial charge in [-0.05, 0) is 24.3 Å². The molecule has 0 radical (unpaired) electrons. The van der Waals surface area contributed by atoms with Crippen LogP contribution in [0.2, 0.25) is 0 Å². The van der Waals surface area contributed by atoms with Crippen LogP contribution in [0.3, 0.4) is 0 Å². The highest BCUT2D eigenvalue weighted by Crippen LogP contribution is 2.33. The van der Waals surface area contributed by atoms with Gasteiger partial charge in [-0.15, -0.1) is 0 Å². The Bertz CT molecular complexity index is 820. The van der Waals surface area contributed by atoms with Gasteiger partial charge in [0.15, 0.2) is 0 Å². The molecule has 0 spiro atoms. The molecular formula is C20H18N2O3. The lowest BCUT2D eigenvalue weighted by Gasteiger charge is -2.22. The first-order valence-corrected chi connectivity index (χ1v) is 7.83. The van der Waals surface area contributed by atoms with Gasteiger partial charge < -0.3 is 10.2 Å². The number of rotatable bonds is 5. The molecule has 0 fully saturated rings. The molecule has 0 aromatic heterocycles. The molecule has 0 aliphatic heterocycles. The Kier molecular flexibility index (Phi) is 4.97. The van der Waals surface area contributed by atoms with Crippen LogP contribution in [0.15, 0.2) is 78.9 Å². The summed E-state index contributed by atoms with van der Waals surface area (Å²) in [6.45, 7) is 0. The van der Waals surface area contributed by atoms with Gasteiger partial charge in [0.05, 0.1) is 6.04 Å². The summed E-state index contributed by atoms with van der Waals surface area (Å²) in [7, 11) is 0. The number of amides is 1. The molecule has 0 unspecified atom stereocenters. The molecule has 3 rings (SSSR count). The van der Waals surface area contributed by atoms with Crippen LogP contribution < -0.4 is 10.9 Å². The van der Waals surface area contributed by atoms with Crippen LogP contribution in [-0.2, 0) is 0 Å². The van der Waals surface area contributed by atoms with Gasteiger partial charge in [-0.25, -0.2) is 5.43 Å². The monoisotopic (exact) mass is 334 g/mol. The first-order chi connectivity index (χ1) is 12.2. The summed E-state index contributed by atoms with van der Waals surface area (Å²) in [5.41, 5.74) is 7.13. The molecule has 0 saturated carbocycles. The first-order valence-electron chi connectivity index (χ1n) is 7.83. The number of aromatic hydroxyl groups is 2. The van der Waals surface area contributed by atoms with Gasteiger partial charge in [-0.2, -0.15) is 0 Å². The van der Waals surface area contributed by atoms with E-state index in [9.17, 15) is 15.0 Å². The fourth-order valence-electron chi connectivity index (χ4n) is 2.59. The summed E-state index contributed by atoms with van der Waals surface area (Å²) < 4.78 is 0. The smallest absolute Gasteiger partial charge is 0.265 e. The van der Waals surface area contributed by atoms with Crippen LogP contribution in [0.5, 0.6) is 11.5 Å². The molecule has 0 heterocycles. The lowest BCUT2D eigenvalue weighted by atomic mass is 9.97. The molecule has 0 saturated heterocycles. The van der Waals surface area contributed by atoms with E-state index in [2.05, 4.69) is 10.9 Å².